The van der Waals surface area contributed by atoms with Gasteiger partial charge in [0.15, 0.2) is 5.96 Å². The van der Waals surface area contributed by atoms with E-state index in [2.05, 4.69) is 49.3 Å². The van der Waals surface area contributed by atoms with Crippen LogP contribution in [0.1, 0.15) is 49.7 Å². The second-order valence-electron chi connectivity index (χ2n) is 10.5. The maximum Gasteiger partial charge on any atom is 0.194 e. The standard InChI is InChI=1S/C26H41N5O/c1-27-26(31-14-12-30(13-15-31)25-17-22-6-7-23(25)16-22)28-18-20-2-4-21(5-3-20)19-29-10-8-24(32)9-11-29/h2-5,22-25,32H,6-19H2,1H3,(H,27,28). The number of nitrogens with zero attached hydrogens (tertiary/aromatic N) is 4. The molecule has 32 heavy (non-hydrogen) atoms. The van der Waals surface area contributed by atoms with E-state index in [4.69, 9.17) is 0 Å². The molecule has 4 aliphatic rings. The molecule has 0 aromatic heterocycles. The summed E-state index contributed by atoms with van der Waals surface area (Å²) >= 11 is 0. The van der Waals surface area contributed by atoms with Crippen molar-refractivity contribution in [2.24, 2.45) is 16.8 Å². The van der Waals surface area contributed by atoms with E-state index in [1.807, 2.05) is 7.05 Å². The minimum absolute atomic E-state index is 0.102. The predicted octanol–water partition coefficient (Wildman–Crippen LogP) is 2.52. The van der Waals surface area contributed by atoms with Gasteiger partial charge in [0.2, 0.25) is 0 Å². The van der Waals surface area contributed by atoms with Crippen molar-refractivity contribution in [1.29, 1.82) is 0 Å². The molecular weight excluding hydrogens is 398 g/mol. The highest BCUT2D eigenvalue weighted by Crippen LogP contribution is 2.46. The van der Waals surface area contributed by atoms with Crippen molar-refractivity contribution in [3.05, 3.63) is 35.4 Å². The monoisotopic (exact) mass is 439 g/mol. The van der Waals surface area contributed by atoms with Crippen molar-refractivity contribution in [1.82, 2.24) is 20.0 Å². The van der Waals surface area contributed by atoms with Crippen LogP contribution in [0.15, 0.2) is 29.3 Å². The second kappa shape index (κ2) is 10.1. The average Bonchev–Trinajstić information content (AvgIpc) is 3.46. The van der Waals surface area contributed by atoms with E-state index in [0.29, 0.717) is 0 Å². The summed E-state index contributed by atoms with van der Waals surface area (Å²) in [5.74, 6) is 3.04. The number of aliphatic imine (C=N–C) groups is 1. The van der Waals surface area contributed by atoms with E-state index in [0.717, 1.165) is 75.9 Å². The second-order valence-corrected chi connectivity index (χ2v) is 10.5. The summed E-state index contributed by atoms with van der Waals surface area (Å²) in [5, 5.41) is 13.3. The zero-order chi connectivity index (χ0) is 21.9. The molecule has 2 N–H and O–H groups in total. The molecule has 6 heteroatoms. The Morgan fingerprint density at radius 1 is 0.938 bits per heavy atom. The number of rotatable bonds is 5. The molecule has 0 radical (unpaired) electrons. The largest absolute Gasteiger partial charge is 0.393 e. The molecule has 176 valence electrons. The first-order chi connectivity index (χ1) is 15.7. The Balaban J connectivity index is 1.06. The van der Waals surface area contributed by atoms with Crippen LogP contribution in [0, 0.1) is 11.8 Å². The number of nitrogens with one attached hydrogen (secondary N) is 1. The number of guanidine groups is 1. The van der Waals surface area contributed by atoms with Gasteiger partial charge in [-0.2, -0.15) is 0 Å². The third-order valence-corrected chi connectivity index (χ3v) is 8.43. The van der Waals surface area contributed by atoms with Crippen molar-refractivity contribution in [3.8, 4) is 0 Å². The van der Waals surface area contributed by atoms with Gasteiger partial charge in [0.1, 0.15) is 0 Å². The Hall–Kier alpha value is -1.63. The summed E-state index contributed by atoms with van der Waals surface area (Å²) in [6.07, 6.45) is 7.60. The maximum atomic E-state index is 9.68. The molecule has 6 nitrogen and oxygen atoms in total. The topological polar surface area (TPSA) is 54.3 Å². The lowest BCUT2D eigenvalue weighted by atomic mass is 9.93. The normalized spacial score (nSPS) is 30.2. The van der Waals surface area contributed by atoms with Crippen molar-refractivity contribution in [2.45, 2.75) is 63.8 Å². The van der Waals surface area contributed by atoms with E-state index in [1.54, 1.807) is 0 Å². The van der Waals surface area contributed by atoms with E-state index in [-0.39, 0.29) is 6.10 Å². The van der Waals surface area contributed by atoms with E-state index >= 15 is 0 Å². The molecule has 0 amide bonds. The molecule has 2 bridgehead atoms. The van der Waals surface area contributed by atoms with Gasteiger partial charge in [0.25, 0.3) is 0 Å². The lowest BCUT2D eigenvalue weighted by molar-refractivity contribution is 0.0792. The van der Waals surface area contributed by atoms with Gasteiger partial charge in [-0.05, 0) is 55.1 Å². The number of hydrogen-bond donors (Lipinski definition) is 2. The molecule has 2 aliphatic carbocycles. The summed E-state index contributed by atoms with van der Waals surface area (Å²) in [4.78, 5) is 12.2. The molecule has 2 saturated carbocycles. The molecule has 0 spiro atoms. The van der Waals surface area contributed by atoms with Crippen LogP contribution in [0.5, 0.6) is 0 Å². The molecule has 1 aromatic carbocycles. The van der Waals surface area contributed by atoms with Crippen LogP contribution in [-0.2, 0) is 13.1 Å². The van der Waals surface area contributed by atoms with Crippen molar-refractivity contribution < 1.29 is 5.11 Å². The predicted molar refractivity (Wildman–Crippen MR) is 130 cm³/mol. The number of aliphatic hydroxyl groups excluding tert-OH is 1. The van der Waals surface area contributed by atoms with E-state index in [9.17, 15) is 5.11 Å². The lowest BCUT2D eigenvalue weighted by Gasteiger charge is -2.42. The zero-order valence-electron chi connectivity index (χ0n) is 19.8. The molecule has 4 fully saturated rings. The van der Waals surface area contributed by atoms with Crippen molar-refractivity contribution >= 4 is 5.96 Å². The van der Waals surface area contributed by atoms with Crippen LogP contribution < -0.4 is 5.32 Å². The number of hydrogen-bond acceptors (Lipinski definition) is 4. The van der Waals surface area contributed by atoms with Gasteiger partial charge < -0.3 is 15.3 Å². The molecule has 2 heterocycles. The highest BCUT2D eigenvalue weighted by Gasteiger charge is 2.42. The van der Waals surface area contributed by atoms with Gasteiger partial charge in [0, 0.05) is 65.4 Å². The van der Waals surface area contributed by atoms with Crippen LogP contribution >= 0.6 is 0 Å². The molecule has 5 rings (SSSR count). The summed E-state index contributed by atoms with van der Waals surface area (Å²) < 4.78 is 0. The number of piperazine rings is 1. The molecule has 3 unspecified atom stereocenters. The first-order valence-corrected chi connectivity index (χ1v) is 12.9. The Bertz CT molecular complexity index is 765. The molecular formula is C26H41N5O. The molecule has 2 saturated heterocycles. The quantitative estimate of drug-likeness (QED) is 0.546. The third kappa shape index (κ3) is 5.13. The van der Waals surface area contributed by atoms with Gasteiger partial charge in [-0.15, -0.1) is 0 Å². The van der Waals surface area contributed by atoms with Crippen LogP contribution in [0.4, 0.5) is 0 Å². The summed E-state index contributed by atoms with van der Waals surface area (Å²) in [5.41, 5.74) is 2.65. The minimum atomic E-state index is -0.102. The van der Waals surface area contributed by atoms with Gasteiger partial charge >= 0.3 is 0 Å². The summed E-state index contributed by atoms with van der Waals surface area (Å²) in [6.45, 7) is 8.30. The Labute approximate surface area is 193 Å². The number of piperidine rings is 1. The average molecular weight is 440 g/mol. The van der Waals surface area contributed by atoms with Crippen molar-refractivity contribution in [3.63, 3.8) is 0 Å². The Kier molecular flexibility index (Phi) is 7.00. The van der Waals surface area contributed by atoms with E-state index < -0.39 is 0 Å². The fourth-order valence-electron chi connectivity index (χ4n) is 6.54. The first-order valence-electron chi connectivity index (χ1n) is 12.9. The number of benzene rings is 1. The zero-order valence-corrected chi connectivity index (χ0v) is 19.8. The minimum Gasteiger partial charge on any atom is -0.393 e. The maximum absolute atomic E-state index is 9.68. The van der Waals surface area contributed by atoms with Gasteiger partial charge in [-0.1, -0.05) is 30.7 Å². The number of likely N-dealkylation sites (tertiary alicyclic amines) is 1. The van der Waals surface area contributed by atoms with Crippen molar-refractivity contribution in [2.75, 3.05) is 46.3 Å². The number of aliphatic hydroxyl groups is 1. The highest BCUT2D eigenvalue weighted by atomic mass is 16.3. The first kappa shape index (κ1) is 22.2. The summed E-state index contributed by atoms with van der Waals surface area (Å²) in [7, 11) is 1.91. The Morgan fingerprint density at radius 3 is 2.28 bits per heavy atom. The molecule has 2 aliphatic heterocycles. The third-order valence-electron chi connectivity index (χ3n) is 8.43. The highest BCUT2D eigenvalue weighted by molar-refractivity contribution is 5.80. The number of fused-ring (bicyclic) bond motifs is 2. The lowest BCUT2D eigenvalue weighted by Crippen LogP contribution is -2.55. The smallest absolute Gasteiger partial charge is 0.194 e. The fourth-order valence-corrected chi connectivity index (χ4v) is 6.54. The van der Waals surface area contributed by atoms with E-state index in [1.165, 1.54) is 49.9 Å². The molecule has 1 aromatic rings. The van der Waals surface area contributed by atoms with Crippen LogP contribution in [0.25, 0.3) is 0 Å². The van der Waals surface area contributed by atoms with Crippen LogP contribution in [0.3, 0.4) is 0 Å². The fraction of sp³-hybridized carbons (Fsp3) is 0.731. The summed E-state index contributed by atoms with van der Waals surface area (Å²) in [6, 6.07) is 9.83. The van der Waals surface area contributed by atoms with Gasteiger partial charge in [-0.25, -0.2) is 0 Å². The molecule has 3 atom stereocenters. The van der Waals surface area contributed by atoms with Crippen LogP contribution in [-0.4, -0.2) is 84.2 Å². The Morgan fingerprint density at radius 2 is 1.66 bits per heavy atom. The SMILES string of the molecule is CN=C(NCc1ccc(CN2CCC(O)CC2)cc1)N1CCN(C2CC3CCC2C3)CC1. The van der Waals surface area contributed by atoms with Gasteiger partial charge in [0.05, 0.1) is 6.10 Å². The van der Waals surface area contributed by atoms with Gasteiger partial charge in [-0.3, -0.25) is 14.8 Å². The van der Waals surface area contributed by atoms with Crippen LogP contribution in [0.2, 0.25) is 0 Å².